The van der Waals surface area contributed by atoms with Gasteiger partial charge in [0.1, 0.15) is 10.7 Å². The van der Waals surface area contributed by atoms with Crippen LogP contribution < -0.4 is 9.62 Å². The molecule has 0 aromatic heterocycles. The van der Waals surface area contributed by atoms with Crippen molar-refractivity contribution in [1.29, 1.82) is 0 Å². The van der Waals surface area contributed by atoms with E-state index in [0.717, 1.165) is 17.8 Å². The lowest BCUT2D eigenvalue weighted by Gasteiger charge is -2.30. The second kappa shape index (κ2) is 6.96. The van der Waals surface area contributed by atoms with Gasteiger partial charge in [0.05, 0.1) is 24.6 Å². The lowest BCUT2D eigenvalue weighted by atomic mass is 10.2. The minimum atomic E-state index is -4.06. The maximum Gasteiger partial charge on any atom is 0.264 e. The number of benzene rings is 2. The smallest absolute Gasteiger partial charge is 0.264 e. The molecule has 1 aliphatic heterocycles. The third-order valence-electron chi connectivity index (χ3n) is 3.68. The van der Waals surface area contributed by atoms with E-state index < -0.39 is 20.7 Å². The van der Waals surface area contributed by atoms with Gasteiger partial charge in [0, 0.05) is 18.1 Å². The Morgan fingerprint density at radius 2 is 1.83 bits per heavy atom. The van der Waals surface area contributed by atoms with Crippen molar-refractivity contribution < 1.29 is 17.5 Å². The summed E-state index contributed by atoms with van der Waals surface area (Å²) in [5.41, 5.74) is 1.13. The van der Waals surface area contributed by atoms with E-state index in [1.165, 1.54) is 6.07 Å². The van der Waals surface area contributed by atoms with Crippen molar-refractivity contribution in [2.75, 3.05) is 35.9 Å². The number of hydrogen-bond acceptors (Lipinski definition) is 4. The van der Waals surface area contributed by atoms with Crippen LogP contribution >= 0.6 is 11.6 Å². The second-order valence-corrected chi connectivity index (χ2v) is 7.38. The van der Waals surface area contributed by atoms with Crippen LogP contribution in [0.15, 0.2) is 47.4 Å². The van der Waals surface area contributed by atoms with Crippen molar-refractivity contribution in [1.82, 2.24) is 0 Å². The number of hydrogen-bond donors (Lipinski definition) is 1. The van der Waals surface area contributed by atoms with Gasteiger partial charge in [-0.05, 0) is 30.3 Å². The predicted molar refractivity (Wildman–Crippen MR) is 91.7 cm³/mol. The van der Waals surface area contributed by atoms with E-state index in [2.05, 4.69) is 4.72 Å². The summed E-state index contributed by atoms with van der Waals surface area (Å²) < 4.78 is 46.8. The van der Waals surface area contributed by atoms with E-state index in [9.17, 15) is 12.8 Å². The minimum Gasteiger partial charge on any atom is -0.378 e. The van der Waals surface area contributed by atoms with Crippen molar-refractivity contribution in [3.8, 4) is 0 Å². The molecule has 5 nitrogen and oxygen atoms in total. The molecule has 0 spiro atoms. The number of morpholine rings is 1. The standard InChI is InChI=1S/C16H16ClFN2O3S/c17-12-5-6-16(13(18)11-12)24(21,22)19-14-3-1-2-4-15(14)20-7-9-23-10-8-20/h1-6,11,19H,7-10H2. The van der Waals surface area contributed by atoms with Crippen LogP contribution in [0.3, 0.4) is 0 Å². The minimum absolute atomic E-state index is 0.139. The molecule has 3 rings (SSSR count). The van der Waals surface area contributed by atoms with Crippen molar-refractivity contribution >= 4 is 33.0 Å². The molecule has 1 aliphatic rings. The van der Waals surface area contributed by atoms with Gasteiger partial charge in [0.15, 0.2) is 0 Å². The van der Waals surface area contributed by atoms with Crippen LogP contribution in [0.1, 0.15) is 0 Å². The Balaban J connectivity index is 1.93. The Labute approximate surface area is 145 Å². The van der Waals surface area contributed by atoms with Crippen molar-refractivity contribution in [2.24, 2.45) is 0 Å². The summed E-state index contributed by atoms with van der Waals surface area (Å²) in [6.07, 6.45) is 0. The molecule has 128 valence electrons. The molecule has 2 aromatic carbocycles. The summed E-state index contributed by atoms with van der Waals surface area (Å²) >= 11 is 5.68. The van der Waals surface area contributed by atoms with Gasteiger partial charge < -0.3 is 9.64 Å². The molecular weight excluding hydrogens is 355 g/mol. The Kier molecular flexibility index (Phi) is 4.93. The van der Waals surface area contributed by atoms with E-state index in [4.69, 9.17) is 16.3 Å². The van der Waals surface area contributed by atoms with Gasteiger partial charge in [-0.15, -0.1) is 0 Å². The molecule has 0 saturated carbocycles. The summed E-state index contributed by atoms with van der Waals surface area (Å²) in [6, 6.07) is 10.5. The fourth-order valence-corrected chi connectivity index (χ4v) is 3.83. The van der Waals surface area contributed by atoms with E-state index >= 15 is 0 Å². The van der Waals surface area contributed by atoms with E-state index in [1.54, 1.807) is 12.1 Å². The van der Waals surface area contributed by atoms with Gasteiger partial charge >= 0.3 is 0 Å². The van der Waals surface area contributed by atoms with Crippen LogP contribution in [-0.4, -0.2) is 34.7 Å². The van der Waals surface area contributed by atoms with Crippen molar-refractivity contribution in [3.05, 3.63) is 53.3 Å². The average molecular weight is 371 g/mol. The summed E-state index contributed by atoms with van der Waals surface area (Å²) in [7, 11) is -4.06. The lowest BCUT2D eigenvalue weighted by Crippen LogP contribution is -2.36. The maximum absolute atomic E-state index is 14.0. The number of sulfonamides is 1. The molecule has 0 radical (unpaired) electrons. The van der Waals surface area contributed by atoms with Crippen LogP contribution in [0.2, 0.25) is 5.02 Å². The van der Waals surface area contributed by atoms with Gasteiger partial charge in [0.25, 0.3) is 10.0 Å². The van der Waals surface area contributed by atoms with Gasteiger partial charge in [-0.1, -0.05) is 23.7 Å². The second-order valence-electron chi connectivity index (χ2n) is 5.30. The average Bonchev–Trinajstić information content (AvgIpc) is 2.55. The Morgan fingerprint density at radius 1 is 1.12 bits per heavy atom. The maximum atomic E-state index is 14.0. The van der Waals surface area contributed by atoms with Crippen LogP contribution in [0.4, 0.5) is 15.8 Å². The van der Waals surface area contributed by atoms with Crippen LogP contribution in [0.5, 0.6) is 0 Å². The molecule has 1 N–H and O–H groups in total. The largest absolute Gasteiger partial charge is 0.378 e. The van der Waals surface area contributed by atoms with E-state index in [0.29, 0.717) is 32.0 Å². The van der Waals surface area contributed by atoms with Gasteiger partial charge in [-0.2, -0.15) is 0 Å². The number of nitrogens with zero attached hydrogens (tertiary/aromatic N) is 1. The molecule has 2 aromatic rings. The number of para-hydroxylation sites is 2. The molecule has 1 heterocycles. The molecule has 8 heteroatoms. The monoisotopic (exact) mass is 370 g/mol. The lowest BCUT2D eigenvalue weighted by molar-refractivity contribution is 0.123. The number of ether oxygens (including phenoxy) is 1. The topological polar surface area (TPSA) is 58.6 Å². The first-order chi connectivity index (χ1) is 11.5. The van der Waals surface area contributed by atoms with Crippen molar-refractivity contribution in [2.45, 2.75) is 4.90 Å². The highest BCUT2D eigenvalue weighted by Crippen LogP contribution is 2.29. The van der Waals surface area contributed by atoms with E-state index in [1.807, 2.05) is 17.0 Å². The third-order valence-corrected chi connectivity index (χ3v) is 5.32. The molecule has 0 bridgehead atoms. The highest BCUT2D eigenvalue weighted by atomic mass is 35.5. The van der Waals surface area contributed by atoms with Crippen LogP contribution in [0.25, 0.3) is 0 Å². The SMILES string of the molecule is O=S(=O)(Nc1ccccc1N1CCOCC1)c1ccc(Cl)cc1F. The quantitative estimate of drug-likeness (QED) is 0.898. The first-order valence-electron chi connectivity index (χ1n) is 7.37. The fraction of sp³-hybridized carbons (Fsp3) is 0.250. The van der Waals surface area contributed by atoms with Crippen LogP contribution in [-0.2, 0) is 14.8 Å². The molecular formula is C16H16ClFN2O3S. The summed E-state index contributed by atoms with van der Waals surface area (Å²) in [5, 5.41) is 0.139. The molecule has 1 fully saturated rings. The third kappa shape index (κ3) is 3.63. The molecule has 0 amide bonds. The van der Waals surface area contributed by atoms with Gasteiger partial charge in [-0.3, -0.25) is 4.72 Å². The molecule has 24 heavy (non-hydrogen) atoms. The van der Waals surface area contributed by atoms with Gasteiger partial charge in [0.2, 0.25) is 0 Å². The summed E-state index contributed by atoms with van der Waals surface area (Å²) in [5.74, 6) is -0.890. The zero-order chi connectivity index (χ0) is 17.2. The predicted octanol–water partition coefficient (Wildman–Crippen LogP) is 3.12. The summed E-state index contributed by atoms with van der Waals surface area (Å²) in [6.45, 7) is 2.47. The highest BCUT2D eigenvalue weighted by molar-refractivity contribution is 7.92. The number of anilines is 2. The number of halogens is 2. The normalized spacial score (nSPS) is 15.3. The fourth-order valence-electron chi connectivity index (χ4n) is 2.53. The molecule has 0 atom stereocenters. The molecule has 0 aliphatic carbocycles. The van der Waals surface area contributed by atoms with E-state index in [-0.39, 0.29) is 5.02 Å². The Hall–Kier alpha value is -1.83. The Morgan fingerprint density at radius 3 is 2.54 bits per heavy atom. The number of nitrogens with one attached hydrogen (secondary N) is 1. The Bertz CT molecular complexity index is 839. The first-order valence-corrected chi connectivity index (χ1v) is 9.23. The van der Waals surface area contributed by atoms with Crippen molar-refractivity contribution in [3.63, 3.8) is 0 Å². The highest BCUT2D eigenvalue weighted by Gasteiger charge is 2.22. The first kappa shape index (κ1) is 17.0. The zero-order valence-corrected chi connectivity index (χ0v) is 14.3. The molecule has 1 saturated heterocycles. The number of rotatable bonds is 4. The molecule has 0 unspecified atom stereocenters. The van der Waals surface area contributed by atoms with Crippen LogP contribution in [0, 0.1) is 5.82 Å². The summed E-state index contributed by atoms with van der Waals surface area (Å²) in [4.78, 5) is 1.59. The van der Waals surface area contributed by atoms with Gasteiger partial charge in [-0.25, -0.2) is 12.8 Å². The zero-order valence-electron chi connectivity index (χ0n) is 12.7.